The maximum atomic E-state index is 9.66. The molecule has 1 aliphatic carbocycles. The third kappa shape index (κ3) is 2.28. The van der Waals surface area contributed by atoms with Crippen molar-refractivity contribution in [3.05, 3.63) is 59.6 Å². The Morgan fingerprint density at radius 3 is 2.11 bits per heavy atom. The second kappa shape index (κ2) is 5.12. The first-order valence-electron chi connectivity index (χ1n) is 5.73. The van der Waals surface area contributed by atoms with Gasteiger partial charge >= 0.3 is 14.2 Å². The lowest BCUT2D eigenvalue weighted by Gasteiger charge is -2.32. The van der Waals surface area contributed by atoms with Gasteiger partial charge in [-0.05, 0) is 17.5 Å². The lowest BCUT2D eigenvalue weighted by Crippen LogP contribution is -2.43. The summed E-state index contributed by atoms with van der Waals surface area (Å²) in [6, 6.07) is 9.14. The Kier molecular flexibility index (Phi) is 3.73. The molecular formula is C12H14B2O4. The molecule has 2 rings (SSSR count). The van der Waals surface area contributed by atoms with Gasteiger partial charge in [0.1, 0.15) is 0 Å². The predicted octanol–water partition coefficient (Wildman–Crippen LogP) is -0.165. The highest BCUT2D eigenvalue weighted by Gasteiger charge is 2.42. The lowest BCUT2D eigenvalue weighted by atomic mass is 9.50. The zero-order valence-corrected chi connectivity index (χ0v) is 9.77. The minimum Gasteiger partial charge on any atom is -0.426 e. The van der Waals surface area contributed by atoms with Gasteiger partial charge in [0, 0.05) is 0 Å². The largest absolute Gasteiger partial charge is 0.488 e. The Hall–Kier alpha value is -1.33. The fourth-order valence-electron chi connectivity index (χ4n) is 2.16. The van der Waals surface area contributed by atoms with Crippen LogP contribution in [0.15, 0.2) is 54.0 Å². The molecule has 4 N–H and O–H groups in total. The van der Waals surface area contributed by atoms with E-state index in [1.807, 2.05) is 30.3 Å². The molecule has 0 amide bonds. The minimum atomic E-state index is -1.55. The summed E-state index contributed by atoms with van der Waals surface area (Å²) in [6.45, 7) is 0. The molecule has 92 valence electrons. The van der Waals surface area contributed by atoms with Crippen molar-refractivity contribution in [2.75, 3.05) is 0 Å². The van der Waals surface area contributed by atoms with E-state index in [1.54, 1.807) is 12.2 Å². The lowest BCUT2D eigenvalue weighted by molar-refractivity contribution is 0.362. The van der Waals surface area contributed by atoms with Gasteiger partial charge in [-0.1, -0.05) is 48.6 Å². The van der Waals surface area contributed by atoms with E-state index < -0.39 is 19.6 Å². The van der Waals surface area contributed by atoms with Crippen LogP contribution in [-0.2, 0) is 5.31 Å². The van der Waals surface area contributed by atoms with Gasteiger partial charge in [0.15, 0.2) is 0 Å². The summed E-state index contributed by atoms with van der Waals surface area (Å²) in [5.41, 5.74) is 1.14. The number of benzene rings is 1. The molecule has 0 spiro atoms. The summed E-state index contributed by atoms with van der Waals surface area (Å²) < 4.78 is 0. The second-order valence-electron chi connectivity index (χ2n) is 4.40. The molecule has 6 heteroatoms. The second-order valence-corrected chi connectivity index (χ2v) is 4.40. The molecule has 0 aliphatic heterocycles. The van der Waals surface area contributed by atoms with Crippen molar-refractivity contribution in [1.82, 2.24) is 0 Å². The van der Waals surface area contributed by atoms with Crippen LogP contribution in [0.5, 0.6) is 0 Å². The Morgan fingerprint density at radius 2 is 1.67 bits per heavy atom. The van der Waals surface area contributed by atoms with Crippen molar-refractivity contribution < 1.29 is 20.1 Å². The highest BCUT2D eigenvalue weighted by atomic mass is 16.4. The summed E-state index contributed by atoms with van der Waals surface area (Å²) in [6.07, 6.45) is 5.04. The van der Waals surface area contributed by atoms with Gasteiger partial charge in [-0.2, -0.15) is 0 Å². The first-order chi connectivity index (χ1) is 8.56. The Labute approximate surface area is 106 Å². The molecule has 1 atom stereocenters. The van der Waals surface area contributed by atoms with Crippen LogP contribution in [0, 0.1) is 0 Å². The maximum Gasteiger partial charge on any atom is 0.488 e. The zero-order valence-electron chi connectivity index (χ0n) is 9.77. The summed E-state index contributed by atoms with van der Waals surface area (Å²) in [5.74, 6) is 0. The molecule has 0 fully saturated rings. The van der Waals surface area contributed by atoms with Gasteiger partial charge in [-0.25, -0.2) is 0 Å². The predicted molar refractivity (Wildman–Crippen MR) is 70.3 cm³/mol. The molecule has 0 bridgehead atoms. The third-order valence-electron chi connectivity index (χ3n) is 3.32. The molecule has 18 heavy (non-hydrogen) atoms. The molecule has 1 aliphatic rings. The van der Waals surface area contributed by atoms with Crippen molar-refractivity contribution in [3.63, 3.8) is 0 Å². The first kappa shape index (κ1) is 13.1. The molecule has 1 unspecified atom stereocenters. The fraction of sp³-hybridized carbons (Fsp3) is 0.167. The van der Waals surface area contributed by atoms with Crippen molar-refractivity contribution in [3.8, 4) is 0 Å². The SMILES string of the molecule is OB(O)C1=CCC(B(O)O)(c2ccccc2)C=C1. The highest BCUT2D eigenvalue weighted by molar-refractivity contribution is 6.52. The van der Waals surface area contributed by atoms with E-state index in [0.717, 1.165) is 5.56 Å². The first-order valence-corrected chi connectivity index (χ1v) is 5.73. The Balaban J connectivity index is 2.37. The van der Waals surface area contributed by atoms with Gasteiger partial charge in [-0.15, -0.1) is 0 Å². The summed E-state index contributed by atoms with van der Waals surface area (Å²) in [5, 5.41) is 36.5. The normalized spacial score (nSPS) is 22.6. The summed E-state index contributed by atoms with van der Waals surface area (Å²) in [4.78, 5) is 0. The fourth-order valence-corrected chi connectivity index (χ4v) is 2.16. The molecule has 0 radical (unpaired) electrons. The van der Waals surface area contributed by atoms with E-state index in [2.05, 4.69) is 0 Å². The highest BCUT2D eigenvalue weighted by Crippen LogP contribution is 2.35. The van der Waals surface area contributed by atoms with Crippen LogP contribution >= 0.6 is 0 Å². The average Bonchev–Trinajstić information content (AvgIpc) is 2.39. The van der Waals surface area contributed by atoms with Crippen molar-refractivity contribution in [2.24, 2.45) is 0 Å². The maximum absolute atomic E-state index is 9.66. The number of rotatable bonds is 3. The van der Waals surface area contributed by atoms with E-state index in [4.69, 9.17) is 10.0 Å². The summed E-state index contributed by atoms with van der Waals surface area (Å²) in [7, 11) is -3.09. The molecule has 0 aromatic heterocycles. The van der Waals surface area contributed by atoms with Gasteiger partial charge in [0.2, 0.25) is 0 Å². The van der Waals surface area contributed by atoms with E-state index in [-0.39, 0.29) is 0 Å². The molecule has 4 nitrogen and oxygen atoms in total. The summed E-state index contributed by atoms with van der Waals surface area (Å²) >= 11 is 0. The van der Waals surface area contributed by atoms with Crippen LogP contribution in [0.2, 0.25) is 0 Å². The van der Waals surface area contributed by atoms with Gasteiger partial charge in [0.25, 0.3) is 0 Å². The number of allylic oxidation sites excluding steroid dienone is 4. The topological polar surface area (TPSA) is 80.9 Å². The smallest absolute Gasteiger partial charge is 0.426 e. The van der Waals surface area contributed by atoms with Crippen molar-refractivity contribution in [2.45, 2.75) is 11.7 Å². The minimum absolute atomic E-state index is 0.304. The average molecular weight is 244 g/mol. The number of hydrogen-bond donors (Lipinski definition) is 4. The van der Waals surface area contributed by atoms with E-state index >= 15 is 0 Å². The zero-order chi connectivity index (χ0) is 13.2. The molecule has 0 saturated carbocycles. The number of hydrogen-bond acceptors (Lipinski definition) is 4. The Bertz CT molecular complexity index is 470. The van der Waals surface area contributed by atoms with Crippen LogP contribution in [0.4, 0.5) is 0 Å². The van der Waals surface area contributed by atoms with Crippen molar-refractivity contribution >= 4 is 14.2 Å². The van der Waals surface area contributed by atoms with Crippen LogP contribution in [-0.4, -0.2) is 34.3 Å². The van der Waals surface area contributed by atoms with Gasteiger partial charge in [-0.3, -0.25) is 0 Å². The van der Waals surface area contributed by atoms with Gasteiger partial charge in [0.05, 0.1) is 5.31 Å². The quantitative estimate of drug-likeness (QED) is 0.556. The van der Waals surface area contributed by atoms with Crippen LogP contribution in [0.1, 0.15) is 12.0 Å². The van der Waals surface area contributed by atoms with Crippen molar-refractivity contribution in [1.29, 1.82) is 0 Å². The van der Waals surface area contributed by atoms with Crippen LogP contribution < -0.4 is 0 Å². The Morgan fingerprint density at radius 1 is 1.00 bits per heavy atom. The molecule has 0 saturated heterocycles. The van der Waals surface area contributed by atoms with E-state index in [9.17, 15) is 10.0 Å². The third-order valence-corrected chi connectivity index (χ3v) is 3.32. The van der Waals surface area contributed by atoms with E-state index in [1.165, 1.54) is 6.08 Å². The van der Waals surface area contributed by atoms with E-state index in [0.29, 0.717) is 11.9 Å². The standard InChI is InChI=1S/C12H14B2O4/c15-13(16)11-6-8-12(9-7-11,14(17)18)10-4-2-1-3-5-10/h1-8,15-18H,9H2. The van der Waals surface area contributed by atoms with Crippen LogP contribution in [0.3, 0.4) is 0 Å². The molecular weight excluding hydrogens is 230 g/mol. The molecule has 1 aromatic rings. The van der Waals surface area contributed by atoms with Crippen LogP contribution in [0.25, 0.3) is 0 Å². The molecule has 1 aromatic carbocycles. The van der Waals surface area contributed by atoms with Gasteiger partial charge < -0.3 is 20.1 Å². The molecule has 0 heterocycles. The monoisotopic (exact) mass is 244 g/mol.